The molecule has 1 fully saturated rings. The summed E-state index contributed by atoms with van der Waals surface area (Å²) >= 11 is 0. The van der Waals surface area contributed by atoms with E-state index in [1.807, 2.05) is 12.1 Å². The van der Waals surface area contributed by atoms with Gasteiger partial charge < -0.3 is 4.57 Å². The van der Waals surface area contributed by atoms with Gasteiger partial charge in [0.2, 0.25) is 0 Å². The zero-order chi connectivity index (χ0) is 20.6. The average molecular weight is 392 g/mol. The molecule has 2 aromatic carbocycles. The third-order valence-electron chi connectivity index (χ3n) is 6.11. The quantitative estimate of drug-likeness (QED) is 0.280. The van der Waals surface area contributed by atoms with Gasteiger partial charge in [0.05, 0.1) is 17.6 Å². The van der Waals surface area contributed by atoms with E-state index in [2.05, 4.69) is 83.7 Å². The Hall–Kier alpha value is -2.53. The minimum Gasteiger partial charge on any atom is -0.312 e. The summed E-state index contributed by atoms with van der Waals surface area (Å²) in [5, 5.41) is 8.41. The standard InChI is InChI=1S/C23H29N5O/c1-22(2)14-9-15-23(3,4)28(22)29-21(16-25-26-24)27-19-12-7-5-10-17(19)18-11-6-8-13-20(18)27/h5-8,10-13,21H,9,14-16H2,1-4H3. The Labute approximate surface area is 171 Å². The SMILES string of the molecule is CC1(C)CCCC(C)(C)N1OC(CN=[N+]=[N-])n1c2ccccc2c2ccccc21. The van der Waals surface area contributed by atoms with E-state index in [4.69, 9.17) is 10.4 Å². The number of piperidine rings is 1. The number of hydrogen-bond acceptors (Lipinski definition) is 3. The van der Waals surface area contributed by atoms with Crippen molar-refractivity contribution in [1.29, 1.82) is 0 Å². The predicted molar refractivity (Wildman–Crippen MR) is 117 cm³/mol. The van der Waals surface area contributed by atoms with Crippen molar-refractivity contribution in [2.45, 2.75) is 64.3 Å². The molecule has 29 heavy (non-hydrogen) atoms. The molecule has 1 atom stereocenters. The van der Waals surface area contributed by atoms with Crippen LogP contribution >= 0.6 is 0 Å². The van der Waals surface area contributed by atoms with Gasteiger partial charge in [0.1, 0.15) is 0 Å². The molecule has 1 aliphatic heterocycles. The van der Waals surface area contributed by atoms with Gasteiger partial charge in [0.15, 0.2) is 6.23 Å². The lowest BCUT2D eigenvalue weighted by Crippen LogP contribution is -2.58. The molecule has 1 saturated heterocycles. The van der Waals surface area contributed by atoms with E-state index < -0.39 is 6.23 Å². The first-order chi connectivity index (χ1) is 13.8. The van der Waals surface area contributed by atoms with Gasteiger partial charge in [-0.05, 0) is 64.6 Å². The Morgan fingerprint density at radius 3 is 2.00 bits per heavy atom. The smallest absolute Gasteiger partial charge is 0.161 e. The van der Waals surface area contributed by atoms with Crippen LogP contribution in [0, 0.1) is 0 Å². The highest BCUT2D eigenvalue weighted by Crippen LogP contribution is 2.41. The summed E-state index contributed by atoms with van der Waals surface area (Å²) in [6.45, 7) is 9.13. The zero-order valence-electron chi connectivity index (χ0n) is 17.7. The molecule has 6 nitrogen and oxygen atoms in total. The lowest BCUT2D eigenvalue weighted by Gasteiger charge is -2.52. The number of benzene rings is 2. The number of azide groups is 1. The van der Waals surface area contributed by atoms with Crippen molar-refractivity contribution >= 4 is 21.8 Å². The molecular formula is C23H29N5O. The Balaban J connectivity index is 1.87. The lowest BCUT2D eigenvalue weighted by molar-refractivity contribution is -0.317. The second-order valence-electron chi connectivity index (χ2n) is 9.15. The van der Waals surface area contributed by atoms with Crippen molar-refractivity contribution in [1.82, 2.24) is 9.63 Å². The molecule has 0 aliphatic carbocycles. The zero-order valence-corrected chi connectivity index (χ0v) is 17.7. The van der Waals surface area contributed by atoms with Crippen molar-refractivity contribution in [2.75, 3.05) is 6.54 Å². The Morgan fingerprint density at radius 1 is 0.966 bits per heavy atom. The summed E-state index contributed by atoms with van der Waals surface area (Å²) in [7, 11) is 0. The molecule has 0 amide bonds. The molecule has 6 heteroatoms. The maximum absolute atomic E-state index is 9.03. The molecule has 0 bridgehead atoms. The number of aromatic nitrogens is 1. The van der Waals surface area contributed by atoms with E-state index in [-0.39, 0.29) is 17.6 Å². The highest BCUT2D eigenvalue weighted by atomic mass is 16.7. The van der Waals surface area contributed by atoms with Crippen LogP contribution in [-0.2, 0) is 4.84 Å². The Morgan fingerprint density at radius 2 is 1.48 bits per heavy atom. The van der Waals surface area contributed by atoms with E-state index in [0.29, 0.717) is 0 Å². The minimum atomic E-state index is -0.424. The van der Waals surface area contributed by atoms with Crippen molar-refractivity contribution in [3.63, 3.8) is 0 Å². The second kappa shape index (κ2) is 7.38. The third kappa shape index (κ3) is 3.48. The van der Waals surface area contributed by atoms with Gasteiger partial charge in [-0.15, -0.1) is 0 Å². The van der Waals surface area contributed by atoms with E-state index in [1.165, 1.54) is 17.2 Å². The number of para-hydroxylation sites is 2. The van der Waals surface area contributed by atoms with Gasteiger partial charge in [0, 0.05) is 26.8 Å². The first-order valence-corrected chi connectivity index (χ1v) is 10.3. The molecule has 1 aromatic heterocycles. The van der Waals surface area contributed by atoms with Crippen LogP contribution in [-0.4, -0.2) is 27.3 Å². The number of fused-ring (bicyclic) bond motifs is 3. The van der Waals surface area contributed by atoms with Crippen LogP contribution in [0.2, 0.25) is 0 Å². The predicted octanol–water partition coefficient (Wildman–Crippen LogP) is 6.58. The molecule has 0 radical (unpaired) electrons. The van der Waals surface area contributed by atoms with Gasteiger partial charge in [-0.2, -0.15) is 5.06 Å². The summed E-state index contributed by atoms with van der Waals surface area (Å²) in [6.07, 6.45) is 2.89. The lowest BCUT2D eigenvalue weighted by atomic mass is 9.82. The topological polar surface area (TPSA) is 66.2 Å². The number of hydroxylamine groups is 2. The fourth-order valence-electron chi connectivity index (χ4n) is 4.91. The summed E-state index contributed by atoms with van der Waals surface area (Å²) in [6, 6.07) is 16.7. The molecule has 152 valence electrons. The number of nitrogens with zero attached hydrogens (tertiary/aromatic N) is 5. The highest BCUT2D eigenvalue weighted by Gasteiger charge is 2.44. The maximum Gasteiger partial charge on any atom is 0.161 e. The van der Waals surface area contributed by atoms with Gasteiger partial charge in [-0.1, -0.05) is 41.5 Å². The normalized spacial score (nSPS) is 19.9. The van der Waals surface area contributed by atoms with E-state index >= 15 is 0 Å². The first-order valence-electron chi connectivity index (χ1n) is 10.3. The number of rotatable bonds is 5. The van der Waals surface area contributed by atoms with Crippen LogP contribution in [0.25, 0.3) is 32.2 Å². The van der Waals surface area contributed by atoms with E-state index in [9.17, 15) is 0 Å². The van der Waals surface area contributed by atoms with Crippen molar-refractivity contribution in [2.24, 2.45) is 5.11 Å². The van der Waals surface area contributed by atoms with Gasteiger partial charge in [-0.3, -0.25) is 4.84 Å². The van der Waals surface area contributed by atoms with Crippen LogP contribution in [0.5, 0.6) is 0 Å². The molecule has 4 rings (SSSR count). The van der Waals surface area contributed by atoms with Crippen LogP contribution in [0.3, 0.4) is 0 Å². The van der Waals surface area contributed by atoms with Crippen molar-refractivity contribution < 1.29 is 4.84 Å². The Bertz CT molecular complexity index is 1010. The van der Waals surface area contributed by atoms with Gasteiger partial charge in [-0.25, -0.2) is 0 Å². The largest absolute Gasteiger partial charge is 0.312 e. The fraction of sp³-hybridized carbons (Fsp3) is 0.478. The number of hydrogen-bond donors (Lipinski definition) is 0. The van der Waals surface area contributed by atoms with E-state index in [1.54, 1.807) is 0 Å². The minimum absolute atomic E-state index is 0.102. The van der Waals surface area contributed by atoms with E-state index in [0.717, 1.165) is 23.9 Å². The van der Waals surface area contributed by atoms with Crippen LogP contribution < -0.4 is 0 Å². The summed E-state index contributed by atoms with van der Waals surface area (Å²) < 4.78 is 2.18. The molecule has 0 spiro atoms. The average Bonchev–Trinajstić information content (AvgIpc) is 3.01. The van der Waals surface area contributed by atoms with Crippen molar-refractivity contribution in [3.05, 3.63) is 59.0 Å². The molecule has 1 unspecified atom stereocenters. The highest BCUT2D eigenvalue weighted by molar-refractivity contribution is 6.08. The van der Waals surface area contributed by atoms with Crippen LogP contribution in [0.15, 0.2) is 53.6 Å². The van der Waals surface area contributed by atoms with Crippen LogP contribution in [0.4, 0.5) is 0 Å². The molecule has 0 N–H and O–H groups in total. The summed E-state index contributed by atoms with van der Waals surface area (Å²) in [5.41, 5.74) is 11.0. The van der Waals surface area contributed by atoms with Gasteiger partial charge in [0.25, 0.3) is 0 Å². The van der Waals surface area contributed by atoms with Gasteiger partial charge >= 0.3 is 0 Å². The summed E-state index contributed by atoms with van der Waals surface area (Å²) in [5.74, 6) is 0. The Kier molecular flexibility index (Phi) is 5.03. The fourth-order valence-corrected chi connectivity index (χ4v) is 4.91. The monoisotopic (exact) mass is 391 g/mol. The third-order valence-corrected chi connectivity index (χ3v) is 6.11. The molecule has 2 heterocycles. The molecule has 0 saturated carbocycles. The van der Waals surface area contributed by atoms with Crippen LogP contribution in [0.1, 0.15) is 53.2 Å². The first kappa shape index (κ1) is 19.8. The van der Waals surface area contributed by atoms with Crippen molar-refractivity contribution in [3.8, 4) is 0 Å². The molecular weight excluding hydrogens is 362 g/mol. The molecule has 3 aromatic rings. The molecule has 1 aliphatic rings. The second-order valence-corrected chi connectivity index (χ2v) is 9.15. The summed E-state index contributed by atoms with van der Waals surface area (Å²) in [4.78, 5) is 9.74. The maximum atomic E-state index is 9.03.